The highest BCUT2D eigenvalue weighted by Crippen LogP contribution is 2.36. The first-order valence-electron chi connectivity index (χ1n) is 12.7. The monoisotopic (exact) mass is 532 g/mol. The maximum Gasteiger partial charge on any atom is 0.433 e. The van der Waals surface area contributed by atoms with Crippen molar-refractivity contribution in [3.63, 3.8) is 0 Å². The zero-order chi connectivity index (χ0) is 27.3. The zero-order valence-corrected chi connectivity index (χ0v) is 21.4. The molecule has 2 heterocycles. The van der Waals surface area contributed by atoms with E-state index >= 15 is 0 Å². The molecule has 1 aromatic carbocycles. The summed E-state index contributed by atoms with van der Waals surface area (Å²) >= 11 is 0. The topological polar surface area (TPSA) is 106 Å². The van der Waals surface area contributed by atoms with Crippen molar-refractivity contribution in [3.8, 4) is 0 Å². The highest BCUT2D eigenvalue weighted by Gasteiger charge is 2.33. The molecular formula is C27H31F3N4O4. The molecule has 8 nitrogen and oxygen atoms in total. The van der Waals surface area contributed by atoms with Crippen LogP contribution in [-0.4, -0.2) is 47.2 Å². The quantitative estimate of drug-likeness (QED) is 0.255. The number of amides is 1. The fraction of sp³-hybridized carbons (Fsp3) is 0.481. The number of aromatic amines is 1. The minimum absolute atomic E-state index is 0.0449. The second-order valence-corrected chi connectivity index (χ2v) is 9.53. The summed E-state index contributed by atoms with van der Waals surface area (Å²) < 4.78 is 49.8. The fourth-order valence-corrected chi connectivity index (χ4v) is 4.66. The largest absolute Gasteiger partial charge is 0.465 e. The van der Waals surface area contributed by atoms with Gasteiger partial charge in [0.15, 0.2) is 0 Å². The van der Waals surface area contributed by atoms with Crippen LogP contribution >= 0.6 is 0 Å². The van der Waals surface area contributed by atoms with Crippen LogP contribution in [-0.2, 0) is 15.7 Å². The van der Waals surface area contributed by atoms with Gasteiger partial charge >= 0.3 is 12.1 Å². The summed E-state index contributed by atoms with van der Waals surface area (Å²) in [6, 6.07) is 6.08. The number of hydrogen-bond acceptors (Lipinski definition) is 6. The number of rotatable bonds is 9. The molecule has 4 rings (SSSR count). The molecule has 0 aliphatic heterocycles. The summed E-state index contributed by atoms with van der Waals surface area (Å²) in [5, 5.41) is 2.50. The van der Waals surface area contributed by atoms with Gasteiger partial charge in [-0.1, -0.05) is 19.4 Å². The van der Waals surface area contributed by atoms with Crippen LogP contribution in [0.1, 0.15) is 83.7 Å². The molecule has 3 aromatic rings. The molecule has 1 aliphatic carbocycles. The third kappa shape index (κ3) is 6.50. The number of fused-ring (bicyclic) bond motifs is 1. The van der Waals surface area contributed by atoms with E-state index in [0.29, 0.717) is 17.0 Å². The molecule has 2 N–H and O–H groups in total. The number of nitrogens with zero attached hydrogens (tertiary/aromatic N) is 2. The van der Waals surface area contributed by atoms with Crippen LogP contribution in [0, 0.1) is 5.92 Å². The Morgan fingerprint density at radius 2 is 1.89 bits per heavy atom. The van der Waals surface area contributed by atoms with Gasteiger partial charge < -0.3 is 19.8 Å². The first-order chi connectivity index (χ1) is 18.2. The molecule has 1 aliphatic rings. The van der Waals surface area contributed by atoms with Gasteiger partial charge in [0.2, 0.25) is 0 Å². The number of methoxy groups -OCH3 is 1. The van der Waals surface area contributed by atoms with E-state index in [0.717, 1.165) is 69.7 Å². The van der Waals surface area contributed by atoms with Crippen LogP contribution in [0.25, 0.3) is 11.0 Å². The highest BCUT2D eigenvalue weighted by molar-refractivity contribution is 6.09. The molecule has 0 radical (unpaired) electrons. The van der Waals surface area contributed by atoms with Crippen molar-refractivity contribution in [1.29, 1.82) is 0 Å². The van der Waals surface area contributed by atoms with Crippen molar-refractivity contribution in [2.75, 3.05) is 25.6 Å². The molecule has 1 saturated carbocycles. The summed E-state index contributed by atoms with van der Waals surface area (Å²) in [6.07, 6.45) is 1.47. The lowest BCUT2D eigenvalue weighted by Crippen LogP contribution is -2.18. The average Bonchev–Trinajstić information content (AvgIpc) is 3.33. The molecule has 0 saturated heterocycles. The van der Waals surface area contributed by atoms with Crippen molar-refractivity contribution in [2.45, 2.75) is 57.5 Å². The van der Waals surface area contributed by atoms with Crippen molar-refractivity contribution < 1.29 is 32.2 Å². The number of H-pyrrole nitrogens is 1. The predicted octanol–water partition coefficient (Wildman–Crippen LogP) is 6.11. The molecule has 204 valence electrons. The van der Waals surface area contributed by atoms with Gasteiger partial charge in [0, 0.05) is 19.1 Å². The fourth-order valence-electron chi connectivity index (χ4n) is 4.66. The number of carbonyl (C=O) groups excluding carboxylic acids is 2. The second kappa shape index (κ2) is 11.9. The summed E-state index contributed by atoms with van der Waals surface area (Å²) in [7, 11) is 1.20. The Kier molecular flexibility index (Phi) is 8.65. The Hall–Kier alpha value is -3.47. The van der Waals surface area contributed by atoms with Crippen LogP contribution in [0.15, 0.2) is 30.3 Å². The van der Waals surface area contributed by atoms with E-state index in [9.17, 15) is 22.8 Å². The Morgan fingerprint density at radius 1 is 1.13 bits per heavy atom. The number of halogens is 3. The van der Waals surface area contributed by atoms with Crippen molar-refractivity contribution in [2.24, 2.45) is 5.92 Å². The zero-order valence-electron chi connectivity index (χ0n) is 21.4. The van der Waals surface area contributed by atoms with E-state index in [4.69, 9.17) is 14.5 Å². The number of nitrogens with one attached hydrogen (secondary N) is 2. The number of ether oxygens (including phenoxy) is 2. The van der Waals surface area contributed by atoms with Crippen molar-refractivity contribution in [1.82, 2.24) is 15.0 Å². The third-order valence-electron chi connectivity index (χ3n) is 6.79. The number of unbranched alkanes of at least 4 members (excludes halogenated alkanes) is 1. The first-order valence-corrected chi connectivity index (χ1v) is 12.7. The first kappa shape index (κ1) is 27.6. The smallest absolute Gasteiger partial charge is 0.433 e. The lowest BCUT2D eigenvalue weighted by molar-refractivity contribution is -0.141. The van der Waals surface area contributed by atoms with E-state index in [-0.39, 0.29) is 17.2 Å². The van der Waals surface area contributed by atoms with Crippen LogP contribution in [0.2, 0.25) is 0 Å². The van der Waals surface area contributed by atoms with Crippen molar-refractivity contribution >= 4 is 28.6 Å². The molecular weight excluding hydrogens is 501 g/mol. The number of alkyl halides is 3. The molecule has 0 unspecified atom stereocenters. The Morgan fingerprint density at radius 3 is 2.58 bits per heavy atom. The summed E-state index contributed by atoms with van der Waals surface area (Å²) in [5.74, 6) is -0.0492. The molecule has 1 fully saturated rings. The maximum atomic E-state index is 13.0. The lowest BCUT2D eigenvalue weighted by Gasteiger charge is -2.27. The summed E-state index contributed by atoms with van der Waals surface area (Å²) in [5.41, 5.74) is -0.393. The number of carbonyl (C=O) groups is 2. The van der Waals surface area contributed by atoms with Crippen molar-refractivity contribution in [3.05, 3.63) is 53.1 Å². The van der Waals surface area contributed by atoms with E-state index in [1.54, 1.807) is 0 Å². The number of benzene rings is 1. The number of anilines is 1. The van der Waals surface area contributed by atoms with Gasteiger partial charge in [0.1, 0.15) is 17.2 Å². The van der Waals surface area contributed by atoms with Gasteiger partial charge in [0.05, 0.1) is 29.4 Å². The standard InChI is InChI=1S/C27H31F3N4O4/c1-3-4-12-38-15-16-8-10-17(11-9-16)24-32-21-13-18(26(36)37-2)20(14-22(21)33-24)34-25(35)19-6-5-7-23(31-19)27(28,29)30/h5-7,13-14,16-17H,3-4,8-12,15H2,1-2H3,(H,32,33)(H,34,35). The minimum atomic E-state index is -4.70. The molecule has 0 bridgehead atoms. The summed E-state index contributed by atoms with van der Waals surface area (Å²) in [6.45, 7) is 3.71. The molecule has 0 spiro atoms. The van der Waals surface area contributed by atoms with E-state index in [1.807, 2.05) is 0 Å². The Balaban J connectivity index is 1.52. The van der Waals surface area contributed by atoms with E-state index in [1.165, 1.54) is 25.3 Å². The normalized spacial score (nSPS) is 17.9. The third-order valence-corrected chi connectivity index (χ3v) is 6.79. The highest BCUT2D eigenvalue weighted by atomic mass is 19.4. The number of pyridine rings is 1. The van der Waals surface area contributed by atoms with Gasteiger partial charge in [-0.05, 0) is 62.3 Å². The van der Waals surface area contributed by atoms with Gasteiger partial charge in [-0.2, -0.15) is 13.2 Å². The Bertz CT molecular complexity index is 1280. The van der Waals surface area contributed by atoms with E-state index in [2.05, 4.69) is 22.2 Å². The van der Waals surface area contributed by atoms with Gasteiger partial charge in [-0.15, -0.1) is 0 Å². The van der Waals surface area contributed by atoms with Crippen LogP contribution in [0.3, 0.4) is 0 Å². The number of aromatic nitrogens is 3. The SMILES string of the molecule is CCCCOCC1CCC(c2nc3cc(NC(=O)c4cccc(C(F)(F)F)n4)c(C(=O)OC)cc3[nH]2)CC1. The van der Waals surface area contributed by atoms with Gasteiger partial charge in [0.25, 0.3) is 5.91 Å². The van der Waals surface area contributed by atoms with Crippen LogP contribution < -0.4 is 5.32 Å². The van der Waals surface area contributed by atoms with Gasteiger partial charge in [-0.25, -0.2) is 14.8 Å². The number of hydrogen-bond donors (Lipinski definition) is 2. The Labute approximate surface area is 218 Å². The predicted molar refractivity (Wildman–Crippen MR) is 135 cm³/mol. The second-order valence-electron chi connectivity index (χ2n) is 9.53. The minimum Gasteiger partial charge on any atom is -0.465 e. The molecule has 1 amide bonds. The molecule has 2 aromatic heterocycles. The molecule has 11 heteroatoms. The number of esters is 1. The number of imidazole rings is 1. The maximum absolute atomic E-state index is 13.0. The van der Waals surface area contributed by atoms with E-state index < -0.39 is 29.4 Å². The average molecular weight is 533 g/mol. The van der Waals surface area contributed by atoms with Gasteiger partial charge in [-0.3, -0.25) is 4.79 Å². The molecule has 38 heavy (non-hydrogen) atoms. The lowest BCUT2D eigenvalue weighted by atomic mass is 9.82. The molecule has 0 atom stereocenters. The van der Waals surface area contributed by atoms with Crippen LogP contribution in [0.4, 0.5) is 18.9 Å². The van der Waals surface area contributed by atoms with Crippen LogP contribution in [0.5, 0.6) is 0 Å². The summed E-state index contributed by atoms with van der Waals surface area (Å²) in [4.78, 5) is 36.6.